The highest BCUT2D eigenvalue weighted by atomic mass is 19.2. The number of aromatic carboxylic acids is 1. The molecular weight excluding hydrogens is 246 g/mol. The summed E-state index contributed by atoms with van der Waals surface area (Å²) < 4.78 is 26.5. The molecular formula is C11H6F2N2O3. The van der Waals surface area contributed by atoms with Gasteiger partial charge >= 0.3 is 5.97 Å². The first-order valence-electron chi connectivity index (χ1n) is 4.78. The average Bonchev–Trinajstić information content (AvgIpc) is 2.33. The maximum absolute atomic E-state index is 13.0. The van der Waals surface area contributed by atoms with Crippen molar-refractivity contribution in [2.75, 3.05) is 0 Å². The third-order valence-electron chi connectivity index (χ3n) is 2.17. The normalized spacial score (nSPS) is 10.3. The zero-order valence-corrected chi connectivity index (χ0v) is 8.80. The monoisotopic (exact) mass is 252 g/mol. The largest absolute Gasteiger partial charge is 0.476 e. The number of carboxylic acid groups (broad SMARTS) is 1. The molecule has 7 heteroatoms. The molecule has 0 unspecified atom stereocenters. The number of hydrogen-bond acceptors (Lipinski definition) is 3. The van der Waals surface area contributed by atoms with Crippen molar-refractivity contribution in [2.24, 2.45) is 0 Å². The highest BCUT2D eigenvalue weighted by Crippen LogP contribution is 2.10. The first kappa shape index (κ1) is 11.9. The van der Waals surface area contributed by atoms with Gasteiger partial charge in [-0.15, -0.1) is 0 Å². The smallest absolute Gasteiger partial charge is 0.356 e. The molecule has 1 aromatic carbocycles. The highest BCUT2D eigenvalue weighted by molar-refractivity contribution is 5.84. The van der Waals surface area contributed by atoms with E-state index in [1.165, 1.54) is 0 Å². The molecule has 0 spiro atoms. The van der Waals surface area contributed by atoms with E-state index in [-0.39, 0.29) is 11.4 Å². The molecule has 0 saturated heterocycles. The summed E-state index contributed by atoms with van der Waals surface area (Å²) in [5.41, 5.74) is -1.08. The maximum Gasteiger partial charge on any atom is 0.356 e. The molecule has 0 bridgehead atoms. The summed E-state index contributed by atoms with van der Waals surface area (Å²) in [6.07, 6.45) is 0. The van der Waals surface area contributed by atoms with Gasteiger partial charge in [-0.05, 0) is 18.2 Å². The van der Waals surface area contributed by atoms with E-state index in [0.29, 0.717) is 4.68 Å². The summed E-state index contributed by atoms with van der Waals surface area (Å²) in [6.45, 7) is 0. The van der Waals surface area contributed by atoms with E-state index >= 15 is 0 Å². The lowest BCUT2D eigenvalue weighted by atomic mass is 10.3. The molecule has 1 aromatic heterocycles. The Labute approximate surface area is 98.9 Å². The second-order valence-corrected chi connectivity index (χ2v) is 3.37. The molecule has 92 valence electrons. The van der Waals surface area contributed by atoms with Crippen LogP contribution in [-0.4, -0.2) is 20.9 Å². The molecule has 18 heavy (non-hydrogen) atoms. The molecule has 0 radical (unpaired) electrons. The lowest BCUT2D eigenvalue weighted by molar-refractivity contribution is 0.0688. The molecule has 0 aliphatic heterocycles. The van der Waals surface area contributed by atoms with Crippen molar-refractivity contribution in [3.05, 3.63) is 58.0 Å². The number of nitrogens with zero attached hydrogens (tertiary/aromatic N) is 2. The Hall–Kier alpha value is -2.57. The molecule has 1 heterocycles. The topological polar surface area (TPSA) is 72.2 Å². The minimum absolute atomic E-state index is 0.0537. The van der Waals surface area contributed by atoms with Crippen LogP contribution in [-0.2, 0) is 0 Å². The first-order valence-corrected chi connectivity index (χ1v) is 4.78. The summed E-state index contributed by atoms with van der Waals surface area (Å²) in [6, 6.07) is 4.72. The van der Waals surface area contributed by atoms with E-state index in [2.05, 4.69) is 5.10 Å². The van der Waals surface area contributed by atoms with Crippen molar-refractivity contribution in [1.82, 2.24) is 9.78 Å². The van der Waals surface area contributed by atoms with E-state index in [1.54, 1.807) is 0 Å². The van der Waals surface area contributed by atoms with Gasteiger partial charge < -0.3 is 5.11 Å². The zero-order chi connectivity index (χ0) is 13.3. The highest BCUT2D eigenvalue weighted by Gasteiger charge is 2.10. The van der Waals surface area contributed by atoms with Crippen molar-refractivity contribution in [3.8, 4) is 5.69 Å². The van der Waals surface area contributed by atoms with Crippen LogP contribution >= 0.6 is 0 Å². The average molecular weight is 252 g/mol. The molecule has 2 aromatic rings. The van der Waals surface area contributed by atoms with Gasteiger partial charge in [0.05, 0.1) is 5.69 Å². The minimum Gasteiger partial charge on any atom is -0.476 e. The maximum atomic E-state index is 13.0. The summed E-state index contributed by atoms with van der Waals surface area (Å²) in [4.78, 5) is 22.2. The van der Waals surface area contributed by atoms with Crippen LogP contribution in [0.2, 0.25) is 0 Å². The standard InChI is InChI=1S/C11H6F2N2O3/c12-7-2-1-6(5-8(7)13)15-10(16)4-3-9(14-15)11(17)18/h1-5H,(H,17,18). The van der Waals surface area contributed by atoms with Gasteiger partial charge in [0.1, 0.15) is 0 Å². The predicted molar refractivity (Wildman–Crippen MR) is 56.7 cm³/mol. The molecule has 0 aliphatic rings. The van der Waals surface area contributed by atoms with Crippen molar-refractivity contribution < 1.29 is 18.7 Å². The van der Waals surface area contributed by atoms with Gasteiger partial charge in [-0.3, -0.25) is 4.79 Å². The van der Waals surface area contributed by atoms with Crippen LogP contribution in [0.5, 0.6) is 0 Å². The molecule has 2 rings (SSSR count). The van der Waals surface area contributed by atoms with Crippen LogP contribution in [0.1, 0.15) is 10.5 Å². The Morgan fingerprint density at radius 1 is 1.17 bits per heavy atom. The van der Waals surface area contributed by atoms with Crippen LogP contribution < -0.4 is 5.56 Å². The molecule has 5 nitrogen and oxygen atoms in total. The Morgan fingerprint density at radius 2 is 1.89 bits per heavy atom. The van der Waals surface area contributed by atoms with Crippen LogP contribution in [0, 0.1) is 11.6 Å². The number of rotatable bonds is 2. The van der Waals surface area contributed by atoms with Crippen molar-refractivity contribution in [1.29, 1.82) is 0 Å². The van der Waals surface area contributed by atoms with Gasteiger partial charge in [-0.2, -0.15) is 9.78 Å². The number of carboxylic acids is 1. The molecule has 0 aliphatic carbocycles. The number of benzene rings is 1. The van der Waals surface area contributed by atoms with Crippen molar-refractivity contribution in [2.45, 2.75) is 0 Å². The number of halogens is 2. The molecule has 0 saturated carbocycles. The fourth-order valence-electron chi connectivity index (χ4n) is 1.33. The van der Waals surface area contributed by atoms with Gasteiger partial charge in [-0.1, -0.05) is 0 Å². The van der Waals surface area contributed by atoms with Gasteiger partial charge in [-0.25, -0.2) is 13.6 Å². The Bertz CT molecular complexity index is 682. The summed E-state index contributed by atoms with van der Waals surface area (Å²) in [7, 11) is 0. The molecule has 0 amide bonds. The lowest BCUT2D eigenvalue weighted by Crippen LogP contribution is -2.22. The van der Waals surface area contributed by atoms with E-state index in [9.17, 15) is 18.4 Å². The van der Waals surface area contributed by atoms with Crippen LogP contribution in [0.25, 0.3) is 5.69 Å². The van der Waals surface area contributed by atoms with Crippen LogP contribution in [0.15, 0.2) is 35.1 Å². The van der Waals surface area contributed by atoms with E-state index in [4.69, 9.17) is 5.11 Å². The summed E-state index contributed by atoms with van der Waals surface area (Å²) >= 11 is 0. The number of aromatic nitrogens is 2. The van der Waals surface area contributed by atoms with Crippen LogP contribution in [0.3, 0.4) is 0 Å². The quantitative estimate of drug-likeness (QED) is 0.871. The van der Waals surface area contributed by atoms with Crippen molar-refractivity contribution >= 4 is 5.97 Å². The van der Waals surface area contributed by atoms with E-state index in [0.717, 1.165) is 30.3 Å². The molecule has 0 fully saturated rings. The minimum atomic E-state index is -1.33. The molecule has 1 N–H and O–H groups in total. The fraction of sp³-hybridized carbons (Fsp3) is 0. The third-order valence-corrected chi connectivity index (χ3v) is 2.17. The Morgan fingerprint density at radius 3 is 2.50 bits per heavy atom. The van der Waals surface area contributed by atoms with Crippen molar-refractivity contribution in [3.63, 3.8) is 0 Å². The SMILES string of the molecule is O=C(O)c1ccc(=O)n(-c2ccc(F)c(F)c2)n1. The second-order valence-electron chi connectivity index (χ2n) is 3.37. The Balaban J connectivity index is 2.62. The predicted octanol–water partition coefficient (Wildman–Crippen LogP) is 1.21. The number of carbonyl (C=O) groups is 1. The van der Waals surface area contributed by atoms with Gasteiger partial charge in [0.2, 0.25) is 0 Å². The van der Waals surface area contributed by atoms with E-state index < -0.39 is 23.2 Å². The first-order chi connectivity index (χ1) is 8.49. The second kappa shape index (κ2) is 4.36. The van der Waals surface area contributed by atoms with Gasteiger partial charge in [0, 0.05) is 12.1 Å². The summed E-state index contributed by atoms with van der Waals surface area (Å²) in [5.74, 6) is -3.55. The summed E-state index contributed by atoms with van der Waals surface area (Å²) in [5, 5.41) is 12.3. The van der Waals surface area contributed by atoms with Crippen LogP contribution in [0.4, 0.5) is 8.78 Å². The third kappa shape index (κ3) is 2.10. The zero-order valence-electron chi connectivity index (χ0n) is 8.80. The number of hydrogen-bond donors (Lipinski definition) is 1. The van der Waals surface area contributed by atoms with Gasteiger partial charge in [0.15, 0.2) is 17.3 Å². The fourth-order valence-corrected chi connectivity index (χ4v) is 1.33. The molecule has 0 atom stereocenters. The Kier molecular flexibility index (Phi) is 2.88. The van der Waals surface area contributed by atoms with Gasteiger partial charge in [0.25, 0.3) is 5.56 Å². The lowest BCUT2D eigenvalue weighted by Gasteiger charge is -2.05. The van der Waals surface area contributed by atoms with E-state index in [1.807, 2.05) is 0 Å².